The van der Waals surface area contributed by atoms with Gasteiger partial charge in [-0.15, -0.1) is 0 Å². The summed E-state index contributed by atoms with van der Waals surface area (Å²) in [6.07, 6.45) is 1.44. The van der Waals surface area contributed by atoms with E-state index >= 15 is 0 Å². The smallest absolute Gasteiger partial charge is 0.279 e. The van der Waals surface area contributed by atoms with Crippen LogP contribution in [-0.4, -0.2) is 42.8 Å². The molecule has 0 saturated heterocycles. The number of hydroxylamine groups is 1. The highest BCUT2D eigenvalue weighted by atomic mass is 16.5. The Kier molecular flexibility index (Phi) is 7.57. The highest BCUT2D eigenvalue weighted by Gasteiger charge is 2.25. The normalized spacial score (nSPS) is 10.5. The largest absolute Gasteiger partial charge is 0.497 e. The van der Waals surface area contributed by atoms with Crippen LogP contribution in [0.2, 0.25) is 0 Å². The minimum absolute atomic E-state index is 0.0500. The lowest BCUT2D eigenvalue weighted by Gasteiger charge is -2.14. The maximum absolute atomic E-state index is 13.0. The van der Waals surface area contributed by atoms with Gasteiger partial charge in [0.25, 0.3) is 11.8 Å². The Morgan fingerprint density at radius 3 is 2.21 bits per heavy atom. The van der Waals surface area contributed by atoms with E-state index in [4.69, 9.17) is 14.7 Å². The number of benzene rings is 2. The number of aryl methyl sites for hydroxylation is 1. The van der Waals surface area contributed by atoms with Crippen molar-refractivity contribution < 1.29 is 24.3 Å². The standard InChI is InChI=1S/C24H28N4O5/c1-27(2)18-9-5-16(6-10-18)13-25-24(30)21-22(20(14-28(21)3)23(29)26-31)33-15-17-7-11-19(32-4)12-8-17/h5-12,14,31H,13,15H2,1-4H3,(H,25,30)(H,26,29). The Hall–Kier alpha value is -3.98. The maximum atomic E-state index is 13.0. The van der Waals surface area contributed by atoms with E-state index in [0.29, 0.717) is 12.3 Å². The van der Waals surface area contributed by atoms with Crippen LogP contribution in [0, 0.1) is 0 Å². The average molecular weight is 453 g/mol. The van der Waals surface area contributed by atoms with Crippen LogP contribution in [0.3, 0.4) is 0 Å². The SMILES string of the molecule is COc1ccc(COc2c(C(=O)NO)cn(C)c2C(=O)NCc2ccc(N(C)C)cc2)cc1. The first-order chi connectivity index (χ1) is 15.8. The molecule has 0 aliphatic rings. The highest BCUT2D eigenvalue weighted by Crippen LogP contribution is 2.27. The Bertz CT molecular complexity index is 1110. The molecule has 3 N–H and O–H groups in total. The number of rotatable bonds is 9. The van der Waals surface area contributed by atoms with Gasteiger partial charge in [0.1, 0.15) is 23.6 Å². The number of carbonyl (C=O) groups excluding carboxylic acids is 2. The van der Waals surface area contributed by atoms with Gasteiger partial charge < -0.3 is 24.3 Å². The molecule has 0 atom stereocenters. The second-order valence-corrected chi connectivity index (χ2v) is 7.65. The first-order valence-electron chi connectivity index (χ1n) is 10.3. The third-order valence-electron chi connectivity index (χ3n) is 5.14. The third kappa shape index (κ3) is 5.64. The molecule has 0 radical (unpaired) electrons. The number of anilines is 1. The minimum Gasteiger partial charge on any atom is -0.497 e. The predicted octanol–water partition coefficient (Wildman–Crippen LogP) is 2.73. The van der Waals surface area contributed by atoms with Crippen molar-refractivity contribution in [2.75, 3.05) is 26.1 Å². The zero-order valence-corrected chi connectivity index (χ0v) is 19.1. The zero-order valence-electron chi connectivity index (χ0n) is 19.1. The number of aromatic nitrogens is 1. The lowest BCUT2D eigenvalue weighted by molar-refractivity contribution is 0.0702. The molecule has 9 heteroatoms. The minimum atomic E-state index is -0.770. The molecule has 3 aromatic rings. The van der Waals surface area contributed by atoms with Crippen LogP contribution in [0.15, 0.2) is 54.7 Å². The van der Waals surface area contributed by atoms with E-state index in [1.54, 1.807) is 31.8 Å². The Morgan fingerprint density at radius 1 is 1.00 bits per heavy atom. The summed E-state index contributed by atoms with van der Waals surface area (Å²) >= 11 is 0. The van der Waals surface area contributed by atoms with Crippen LogP contribution in [0.5, 0.6) is 11.5 Å². The number of carbonyl (C=O) groups is 2. The molecule has 2 amide bonds. The molecule has 0 aliphatic heterocycles. The second kappa shape index (κ2) is 10.6. The van der Waals surface area contributed by atoms with Crippen molar-refractivity contribution in [3.8, 4) is 11.5 Å². The van der Waals surface area contributed by atoms with Crippen LogP contribution in [0.25, 0.3) is 0 Å². The first-order valence-corrected chi connectivity index (χ1v) is 10.3. The van der Waals surface area contributed by atoms with Crippen molar-refractivity contribution in [1.82, 2.24) is 15.4 Å². The lowest BCUT2D eigenvalue weighted by atomic mass is 10.2. The van der Waals surface area contributed by atoms with Crippen LogP contribution >= 0.6 is 0 Å². The van der Waals surface area contributed by atoms with E-state index in [9.17, 15) is 9.59 Å². The Balaban J connectivity index is 1.79. The zero-order chi connectivity index (χ0) is 24.0. The molecule has 0 bridgehead atoms. The third-order valence-corrected chi connectivity index (χ3v) is 5.14. The maximum Gasteiger partial charge on any atom is 0.279 e. The van der Waals surface area contributed by atoms with E-state index in [1.165, 1.54) is 10.8 Å². The summed E-state index contributed by atoms with van der Waals surface area (Å²) in [5.41, 5.74) is 4.63. The fraction of sp³-hybridized carbons (Fsp3) is 0.250. The number of amides is 2. The van der Waals surface area contributed by atoms with Gasteiger partial charge in [-0.3, -0.25) is 14.8 Å². The summed E-state index contributed by atoms with van der Waals surface area (Å²) in [5, 5.41) is 12.0. The summed E-state index contributed by atoms with van der Waals surface area (Å²) in [5.74, 6) is -0.387. The number of methoxy groups -OCH3 is 1. The van der Waals surface area contributed by atoms with Crippen LogP contribution in [-0.2, 0) is 20.2 Å². The van der Waals surface area contributed by atoms with Crippen molar-refractivity contribution in [3.05, 3.63) is 77.1 Å². The molecule has 0 aliphatic carbocycles. The molecular formula is C24H28N4O5. The van der Waals surface area contributed by atoms with E-state index in [0.717, 1.165) is 16.8 Å². The van der Waals surface area contributed by atoms with Crippen molar-refractivity contribution >= 4 is 17.5 Å². The number of nitrogens with one attached hydrogen (secondary N) is 2. The van der Waals surface area contributed by atoms with Crippen LogP contribution in [0.1, 0.15) is 32.0 Å². The van der Waals surface area contributed by atoms with Crippen molar-refractivity contribution in [2.24, 2.45) is 7.05 Å². The van der Waals surface area contributed by atoms with Gasteiger partial charge in [0.15, 0.2) is 5.75 Å². The lowest BCUT2D eigenvalue weighted by Crippen LogP contribution is -2.25. The van der Waals surface area contributed by atoms with Crippen LogP contribution in [0.4, 0.5) is 5.69 Å². The fourth-order valence-corrected chi connectivity index (χ4v) is 3.29. The molecule has 9 nitrogen and oxygen atoms in total. The number of nitrogens with zero attached hydrogens (tertiary/aromatic N) is 2. The van der Waals surface area contributed by atoms with Crippen LogP contribution < -0.4 is 25.2 Å². The topological polar surface area (TPSA) is 105 Å². The monoisotopic (exact) mass is 452 g/mol. The van der Waals surface area contributed by atoms with Crippen molar-refractivity contribution in [3.63, 3.8) is 0 Å². The molecule has 0 saturated carbocycles. The molecule has 2 aromatic carbocycles. The van der Waals surface area contributed by atoms with Gasteiger partial charge in [-0.1, -0.05) is 24.3 Å². The number of hydrogen-bond donors (Lipinski definition) is 3. The quantitative estimate of drug-likeness (QED) is 0.341. The molecule has 33 heavy (non-hydrogen) atoms. The van der Waals surface area contributed by atoms with Gasteiger partial charge in [-0.05, 0) is 35.4 Å². The summed E-state index contributed by atoms with van der Waals surface area (Å²) in [4.78, 5) is 27.2. The van der Waals surface area contributed by atoms with Gasteiger partial charge >= 0.3 is 0 Å². The number of hydrogen-bond acceptors (Lipinski definition) is 6. The van der Waals surface area contributed by atoms with Crippen molar-refractivity contribution in [1.29, 1.82) is 0 Å². The van der Waals surface area contributed by atoms with Gasteiger partial charge in [0, 0.05) is 39.6 Å². The predicted molar refractivity (Wildman–Crippen MR) is 124 cm³/mol. The van der Waals surface area contributed by atoms with Gasteiger partial charge in [0.2, 0.25) is 0 Å². The first kappa shape index (κ1) is 23.7. The molecular weight excluding hydrogens is 424 g/mol. The van der Waals surface area contributed by atoms with E-state index in [1.807, 2.05) is 55.4 Å². The van der Waals surface area contributed by atoms with Gasteiger partial charge in [-0.2, -0.15) is 0 Å². The Morgan fingerprint density at radius 2 is 1.64 bits per heavy atom. The van der Waals surface area contributed by atoms with E-state index in [-0.39, 0.29) is 23.6 Å². The molecule has 0 fully saturated rings. The fourth-order valence-electron chi connectivity index (χ4n) is 3.29. The van der Waals surface area contributed by atoms with Gasteiger partial charge in [-0.25, -0.2) is 5.48 Å². The highest BCUT2D eigenvalue weighted by molar-refractivity contribution is 6.03. The summed E-state index contributed by atoms with van der Waals surface area (Å²) in [6.45, 7) is 0.420. The van der Waals surface area contributed by atoms with E-state index < -0.39 is 11.8 Å². The van der Waals surface area contributed by atoms with E-state index in [2.05, 4.69) is 5.32 Å². The van der Waals surface area contributed by atoms with Gasteiger partial charge in [0.05, 0.1) is 7.11 Å². The van der Waals surface area contributed by atoms with Crippen molar-refractivity contribution in [2.45, 2.75) is 13.2 Å². The summed E-state index contributed by atoms with van der Waals surface area (Å²) in [6, 6.07) is 15.0. The molecule has 0 spiro atoms. The summed E-state index contributed by atoms with van der Waals surface area (Å²) in [7, 11) is 7.13. The molecule has 1 aromatic heterocycles. The second-order valence-electron chi connectivity index (χ2n) is 7.65. The molecule has 3 rings (SSSR count). The Labute approximate surface area is 192 Å². The number of ether oxygens (including phenoxy) is 2. The molecule has 174 valence electrons. The summed E-state index contributed by atoms with van der Waals surface area (Å²) < 4.78 is 12.5. The molecule has 0 unspecified atom stereocenters. The molecule has 1 heterocycles. The average Bonchev–Trinajstić information content (AvgIpc) is 3.17.